The molecular formula is C29H30N8O2. The van der Waals surface area contributed by atoms with Gasteiger partial charge in [-0.2, -0.15) is 5.26 Å². The Kier molecular flexibility index (Phi) is 7.99. The van der Waals surface area contributed by atoms with Crippen molar-refractivity contribution in [3.05, 3.63) is 71.7 Å². The van der Waals surface area contributed by atoms with Gasteiger partial charge < -0.3 is 4.74 Å². The molecule has 3 heterocycles. The van der Waals surface area contributed by atoms with Crippen molar-refractivity contribution in [1.29, 1.82) is 5.26 Å². The first-order valence-corrected chi connectivity index (χ1v) is 13.1. The molecule has 1 amide bonds. The third-order valence-electron chi connectivity index (χ3n) is 7.07. The predicted molar refractivity (Wildman–Crippen MR) is 145 cm³/mol. The number of methoxy groups -OCH3 is 1. The number of rotatable bonds is 9. The summed E-state index contributed by atoms with van der Waals surface area (Å²) in [4.78, 5) is 26.1. The molecule has 3 aromatic heterocycles. The largest absolute Gasteiger partial charge is 0.375 e. The van der Waals surface area contributed by atoms with E-state index in [1.165, 1.54) is 32.8 Å². The lowest BCUT2D eigenvalue weighted by molar-refractivity contribution is -0.119. The summed E-state index contributed by atoms with van der Waals surface area (Å²) in [5.41, 5.74) is 4.79. The number of benzene rings is 1. The second kappa shape index (κ2) is 11.9. The van der Waals surface area contributed by atoms with Crippen LogP contribution in [-0.4, -0.2) is 49.6 Å². The zero-order chi connectivity index (χ0) is 27.2. The van der Waals surface area contributed by atoms with Crippen molar-refractivity contribution in [1.82, 2.24) is 29.9 Å². The Bertz CT molecular complexity index is 1500. The van der Waals surface area contributed by atoms with Gasteiger partial charge in [0.1, 0.15) is 12.3 Å². The molecule has 39 heavy (non-hydrogen) atoms. The predicted octanol–water partition coefficient (Wildman–Crippen LogP) is 4.60. The van der Waals surface area contributed by atoms with Gasteiger partial charge in [0.25, 0.3) is 5.91 Å². The second-order valence-electron chi connectivity index (χ2n) is 9.82. The van der Waals surface area contributed by atoms with Gasteiger partial charge in [0.05, 0.1) is 41.5 Å². The molecule has 1 aliphatic carbocycles. The van der Waals surface area contributed by atoms with Crippen LogP contribution < -0.4 is 5.32 Å². The highest BCUT2D eigenvalue weighted by Gasteiger charge is 2.23. The van der Waals surface area contributed by atoms with Gasteiger partial charge in [0, 0.05) is 24.3 Å². The van der Waals surface area contributed by atoms with Gasteiger partial charge in [-0.05, 0) is 49.1 Å². The maximum Gasteiger partial charge on any atom is 0.252 e. The van der Waals surface area contributed by atoms with E-state index < -0.39 is 0 Å². The number of hydrogen-bond donors (Lipinski definition) is 1. The van der Waals surface area contributed by atoms with Gasteiger partial charge in [-0.3, -0.25) is 15.1 Å². The van der Waals surface area contributed by atoms with Crippen LogP contribution in [0.25, 0.3) is 22.6 Å². The zero-order valence-electron chi connectivity index (χ0n) is 22.0. The third-order valence-corrected chi connectivity index (χ3v) is 7.07. The van der Waals surface area contributed by atoms with Crippen LogP contribution in [0.3, 0.4) is 0 Å². The molecule has 5 rings (SSSR count). The first kappa shape index (κ1) is 26.1. The lowest BCUT2D eigenvalue weighted by Crippen LogP contribution is -2.19. The fourth-order valence-corrected chi connectivity index (χ4v) is 5.02. The fourth-order valence-electron chi connectivity index (χ4n) is 5.02. The molecular weight excluding hydrogens is 492 g/mol. The maximum absolute atomic E-state index is 12.2. The summed E-state index contributed by atoms with van der Waals surface area (Å²) in [5, 5.41) is 20.6. The number of nitrogens with zero attached hydrogens (tertiary/aromatic N) is 7. The Hall–Kier alpha value is -4.49. The molecule has 1 aliphatic rings. The quantitative estimate of drug-likeness (QED) is 0.337. The number of nitriles is 1. The monoisotopic (exact) mass is 522 g/mol. The normalized spacial score (nSPS) is 14.2. The van der Waals surface area contributed by atoms with E-state index in [2.05, 4.69) is 50.7 Å². The van der Waals surface area contributed by atoms with Gasteiger partial charge in [-0.15, -0.1) is 5.10 Å². The standard InChI is InChI=1S/C29H30N8O2/c1-19(21-8-3-4-9-21)24-12-6-11-23(31-24)16-37-17-27(35-36-37)26-14-25(22-10-5-7-20(13-22)15-30)32-29(33-26)34-28(38)18-39-2/h5-7,10-14,17,19,21H,3-4,8-9,16,18H2,1-2H3,(H,32,33,34,38). The molecule has 4 aromatic rings. The molecule has 1 aromatic carbocycles. The average Bonchev–Trinajstić information content (AvgIpc) is 3.66. The van der Waals surface area contributed by atoms with Crippen LogP contribution in [0.15, 0.2) is 54.7 Å². The highest BCUT2D eigenvalue weighted by atomic mass is 16.5. The second-order valence-corrected chi connectivity index (χ2v) is 9.82. The lowest BCUT2D eigenvalue weighted by Gasteiger charge is -2.18. The molecule has 1 saturated carbocycles. The number of hydrogen-bond acceptors (Lipinski definition) is 8. The zero-order valence-corrected chi connectivity index (χ0v) is 22.0. The van der Waals surface area contributed by atoms with E-state index in [0.29, 0.717) is 46.6 Å². The van der Waals surface area contributed by atoms with Crippen LogP contribution in [0.5, 0.6) is 0 Å². The Morgan fingerprint density at radius 3 is 2.69 bits per heavy atom. The molecule has 10 nitrogen and oxygen atoms in total. The summed E-state index contributed by atoms with van der Waals surface area (Å²) in [6.07, 6.45) is 6.96. The van der Waals surface area contributed by atoms with Crippen molar-refractivity contribution in [3.8, 4) is 28.7 Å². The number of nitrogens with one attached hydrogen (secondary N) is 1. The minimum absolute atomic E-state index is 0.108. The van der Waals surface area contributed by atoms with E-state index in [1.807, 2.05) is 12.1 Å². The molecule has 1 N–H and O–H groups in total. The molecule has 0 radical (unpaired) electrons. The number of carbonyl (C=O) groups excluding carboxylic acids is 1. The third kappa shape index (κ3) is 6.33. The average molecular weight is 523 g/mol. The molecule has 198 valence electrons. The van der Waals surface area contributed by atoms with Crippen LogP contribution in [0.1, 0.15) is 55.5 Å². The summed E-state index contributed by atoms with van der Waals surface area (Å²) in [7, 11) is 1.44. The van der Waals surface area contributed by atoms with Gasteiger partial charge in [0.15, 0.2) is 0 Å². The van der Waals surface area contributed by atoms with E-state index in [-0.39, 0.29) is 18.5 Å². The Labute approximate surface area is 227 Å². The molecule has 1 fully saturated rings. The summed E-state index contributed by atoms with van der Waals surface area (Å²) in [6.45, 7) is 2.62. The van der Waals surface area contributed by atoms with Gasteiger partial charge in [-0.1, -0.05) is 43.2 Å². The molecule has 0 saturated heterocycles. The van der Waals surface area contributed by atoms with Crippen molar-refractivity contribution in [3.63, 3.8) is 0 Å². The highest BCUT2D eigenvalue weighted by Crippen LogP contribution is 2.36. The van der Waals surface area contributed by atoms with Gasteiger partial charge in [-0.25, -0.2) is 14.6 Å². The fraction of sp³-hybridized carbons (Fsp3) is 0.345. The van der Waals surface area contributed by atoms with Crippen LogP contribution in [0.4, 0.5) is 5.95 Å². The molecule has 0 bridgehead atoms. The van der Waals surface area contributed by atoms with Crippen LogP contribution in [-0.2, 0) is 16.1 Å². The molecule has 0 aliphatic heterocycles. The van der Waals surface area contributed by atoms with E-state index in [1.54, 1.807) is 35.1 Å². The smallest absolute Gasteiger partial charge is 0.252 e. The van der Waals surface area contributed by atoms with Crippen molar-refractivity contribution < 1.29 is 9.53 Å². The minimum Gasteiger partial charge on any atom is -0.375 e. The van der Waals surface area contributed by atoms with Crippen molar-refractivity contribution in [2.45, 2.75) is 45.1 Å². The summed E-state index contributed by atoms with van der Waals surface area (Å²) >= 11 is 0. The lowest BCUT2D eigenvalue weighted by atomic mass is 9.89. The summed E-state index contributed by atoms with van der Waals surface area (Å²) in [5.74, 6) is 0.860. The van der Waals surface area contributed by atoms with E-state index in [9.17, 15) is 10.1 Å². The molecule has 10 heteroatoms. The maximum atomic E-state index is 12.2. The van der Waals surface area contributed by atoms with Gasteiger partial charge >= 0.3 is 0 Å². The molecule has 1 unspecified atom stereocenters. The van der Waals surface area contributed by atoms with Crippen molar-refractivity contribution in [2.75, 3.05) is 19.0 Å². The SMILES string of the molecule is COCC(=O)Nc1nc(-c2cccc(C#N)c2)cc(-c2cn(Cc3cccc(C(C)C4CCCC4)n3)nn2)n1. The number of aromatic nitrogens is 6. The number of pyridine rings is 1. The number of carbonyl (C=O) groups is 1. The Balaban J connectivity index is 1.41. The van der Waals surface area contributed by atoms with E-state index >= 15 is 0 Å². The van der Waals surface area contributed by atoms with Crippen molar-refractivity contribution >= 4 is 11.9 Å². The summed E-state index contributed by atoms with van der Waals surface area (Å²) < 4.78 is 6.64. The first-order chi connectivity index (χ1) is 19.0. The Morgan fingerprint density at radius 2 is 1.90 bits per heavy atom. The topological polar surface area (TPSA) is 132 Å². The minimum atomic E-state index is -0.382. The van der Waals surface area contributed by atoms with Crippen LogP contribution in [0, 0.1) is 17.2 Å². The Morgan fingerprint density at radius 1 is 1.10 bits per heavy atom. The van der Waals surface area contributed by atoms with Gasteiger partial charge in [0.2, 0.25) is 5.95 Å². The molecule has 1 atom stereocenters. The summed E-state index contributed by atoms with van der Waals surface area (Å²) in [6, 6.07) is 17.1. The van der Waals surface area contributed by atoms with Crippen LogP contribution in [0.2, 0.25) is 0 Å². The van der Waals surface area contributed by atoms with E-state index in [0.717, 1.165) is 11.4 Å². The van der Waals surface area contributed by atoms with E-state index in [4.69, 9.17) is 9.72 Å². The first-order valence-electron chi connectivity index (χ1n) is 13.1. The van der Waals surface area contributed by atoms with Crippen molar-refractivity contribution in [2.24, 2.45) is 5.92 Å². The number of ether oxygens (including phenoxy) is 1. The van der Waals surface area contributed by atoms with Crippen LogP contribution >= 0.6 is 0 Å². The number of amides is 1. The highest BCUT2D eigenvalue weighted by molar-refractivity contribution is 5.90. The number of anilines is 1. The molecule has 0 spiro atoms.